The minimum Gasteiger partial charge on any atom is -0.345 e. The van der Waals surface area contributed by atoms with Crippen LogP contribution in [-0.4, -0.2) is 23.3 Å². The second-order valence-corrected chi connectivity index (χ2v) is 4.04. The second-order valence-electron chi connectivity index (χ2n) is 4.04. The third kappa shape index (κ3) is 3.23. The Labute approximate surface area is 131 Å². The van der Waals surface area contributed by atoms with Crippen LogP contribution < -0.4 is 0 Å². The topological polar surface area (TPSA) is 101 Å². The maximum atomic E-state index is 12.2. The summed E-state index contributed by atoms with van der Waals surface area (Å²) < 4.78 is 3.94. The van der Waals surface area contributed by atoms with Crippen LogP contribution in [0.2, 0.25) is 0 Å². The Hall–Kier alpha value is -2.32. The molecule has 21 heavy (non-hydrogen) atoms. The molecule has 1 aromatic carbocycles. The zero-order chi connectivity index (χ0) is 15.3. The third-order valence-electron chi connectivity index (χ3n) is 2.93. The van der Waals surface area contributed by atoms with Gasteiger partial charge in [-0.3, -0.25) is 14.4 Å². The molecule has 6 nitrogen and oxygen atoms in total. The molecular formula is C14H11NNiO5. The van der Waals surface area contributed by atoms with Crippen LogP contribution in [0, 0.1) is 11.5 Å². The van der Waals surface area contributed by atoms with Crippen LogP contribution in [0.25, 0.3) is 0 Å². The number of hydrogen-bond donors (Lipinski definition) is 0. The molecule has 0 fully saturated rings. The van der Waals surface area contributed by atoms with Crippen molar-refractivity contribution in [2.24, 2.45) is 0 Å². The van der Waals surface area contributed by atoms with E-state index < -0.39 is 28.7 Å². The minimum absolute atomic E-state index is 0. The van der Waals surface area contributed by atoms with Crippen molar-refractivity contribution >= 4 is 23.3 Å². The van der Waals surface area contributed by atoms with Gasteiger partial charge in [0.1, 0.15) is 0 Å². The Balaban J connectivity index is 0.00000400. The number of nitriles is 1. The normalized spacial score (nSPS) is 9.76. The van der Waals surface area contributed by atoms with Crippen LogP contribution in [0.5, 0.6) is 0 Å². The number of carbonyl (C=O) groups excluding carboxylic acids is 4. The molecule has 112 valence electrons. The van der Waals surface area contributed by atoms with E-state index in [4.69, 9.17) is 5.26 Å². The summed E-state index contributed by atoms with van der Waals surface area (Å²) in [7, 11) is 0. The molecule has 0 unspecified atom stereocenters. The van der Waals surface area contributed by atoms with Crippen LogP contribution >= 0.6 is 0 Å². The molecule has 0 heterocycles. The van der Waals surface area contributed by atoms with Gasteiger partial charge < -0.3 is 4.74 Å². The number of hydrogen-bond acceptors (Lipinski definition) is 6. The molecule has 0 N–H and O–H groups in total. The Morgan fingerprint density at radius 1 is 1.05 bits per heavy atom. The number of benzene rings is 1. The van der Waals surface area contributed by atoms with Gasteiger partial charge in [0, 0.05) is 16.5 Å². The molecule has 0 atom stereocenters. The number of ether oxygens (including phenoxy) is 1. The Morgan fingerprint density at radius 3 is 1.90 bits per heavy atom. The quantitative estimate of drug-likeness (QED) is 0.259. The molecule has 0 aliphatic rings. The first-order valence-corrected chi connectivity index (χ1v) is 5.61. The van der Waals surface area contributed by atoms with E-state index in [1.54, 1.807) is 6.07 Å². The fraction of sp³-hybridized carbons (Fsp3) is 0.214. The van der Waals surface area contributed by atoms with Gasteiger partial charge in [0.15, 0.2) is 17.0 Å². The predicted octanol–water partition coefficient (Wildman–Crippen LogP) is 0.693. The Kier molecular flexibility index (Phi) is 6.64. The van der Waals surface area contributed by atoms with Gasteiger partial charge in [-0.2, -0.15) is 0 Å². The summed E-state index contributed by atoms with van der Waals surface area (Å²) in [6, 6.07) is 7.46. The van der Waals surface area contributed by atoms with Crippen LogP contribution in [-0.2, 0) is 45.8 Å². The van der Waals surface area contributed by atoms with Crippen molar-refractivity contribution in [1.29, 1.82) is 5.26 Å². The SMILES string of the molecule is CC(=O)C(C(C)=O)(C(=O)C(=O)OC#N)c1ccccc1.[Ni]. The van der Waals surface area contributed by atoms with Gasteiger partial charge in [-0.1, -0.05) is 30.3 Å². The van der Waals surface area contributed by atoms with Crippen LogP contribution in [0.3, 0.4) is 0 Å². The predicted molar refractivity (Wildman–Crippen MR) is 66.2 cm³/mol. The maximum Gasteiger partial charge on any atom is 0.391 e. The fourth-order valence-electron chi connectivity index (χ4n) is 2.03. The van der Waals surface area contributed by atoms with Crippen molar-refractivity contribution in [2.45, 2.75) is 19.3 Å². The van der Waals surface area contributed by atoms with Crippen molar-refractivity contribution in [1.82, 2.24) is 0 Å². The van der Waals surface area contributed by atoms with Gasteiger partial charge in [-0.05, 0) is 19.4 Å². The molecule has 0 amide bonds. The van der Waals surface area contributed by atoms with Crippen molar-refractivity contribution in [3.63, 3.8) is 0 Å². The maximum absolute atomic E-state index is 12.2. The molecule has 0 saturated carbocycles. The molecule has 0 bridgehead atoms. The average Bonchev–Trinajstić information content (AvgIpc) is 2.40. The third-order valence-corrected chi connectivity index (χ3v) is 2.93. The minimum atomic E-state index is -2.27. The van der Waals surface area contributed by atoms with Gasteiger partial charge in [0.25, 0.3) is 12.0 Å². The van der Waals surface area contributed by atoms with Crippen LogP contribution in [0.15, 0.2) is 30.3 Å². The Bertz CT molecular complexity index is 604. The van der Waals surface area contributed by atoms with Crippen molar-refractivity contribution in [3.8, 4) is 6.26 Å². The summed E-state index contributed by atoms with van der Waals surface area (Å²) in [6.07, 6.45) is 1.06. The van der Waals surface area contributed by atoms with E-state index in [0.29, 0.717) is 0 Å². The molecule has 0 radical (unpaired) electrons. The van der Waals surface area contributed by atoms with Crippen molar-refractivity contribution in [3.05, 3.63) is 35.9 Å². The first kappa shape index (κ1) is 18.7. The smallest absolute Gasteiger partial charge is 0.345 e. The molecule has 7 heteroatoms. The molecule has 0 saturated heterocycles. The van der Waals surface area contributed by atoms with E-state index in [0.717, 1.165) is 20.1 Å². The van der Waals surface area contributed by atoms with Crippen molar-refractivity contribution in [2.75, 3.05) is 0 Å². The summed E-state index contributed by atoms with van der Waals surface area (Å²) in [5, 5.41) is 8.28. The summed E-state index contributed by atoms with van der Waals surface area (Å²) >= 11 is 0. The number of esters is 1. The first-order valence-electron chi connectivity index (χ1n) is 5.61. The molecule has 0 aliphatic heterocycles. The molecule has 0 aromatic heterocycles. The standard InChI is InChI=1S/C14H11NO5.Ni/c1-9(16)14(10(2)17,11-6-4-3-5-7-11)12(18)13(19)20-8-15;/h3-7H,1-2H3;. The zero-order valence-corrected chi connectivity index (χ0v) is 12.2. The summed E-state index contributed by atoms with van der Waals surface area (Å²) in [4.78, 5) is 47.5. The summed E-state index contributed by atoms with van der Waals surface area (Å²) in [5.74, 6) is -4.53. The monoisotopic (exact) mass is 331 g/mol. The van der Waals surface area contributed by atoms with Gasteiger partial charge in [0.05, 0.1) is 0 Å². The average molecular weight is 332 g/mol. The summed E-state index contributed by atoms with van der Waals surface area (Å²) in [5.41, 5.74) is -2.20. The molecule has 1 aromatic rings. The number of rotatable bonds is 5. The second kappa shape index (κ2) is 7.46. The van der Waals surface area contributed by atoms with Gasteiger partial charge in [-0.25, -0.2) is 4.79 Å². The van der Waals surface area contributed by atoms with Gasteiger partial charge >= 0.3 is 5.97 Å². The van der Waals surface area contributed by atoms with Crippen LogP contribution in [0.4, 0.5) is 0 Å². The molecule has 0 aliphatic carbocycles. The van der Waals surface area contributed by atoms with E-state index in [1.165, 1.54) is 24.3 Å². The molecule has 0 spiro atoms. The largest absolute Gasteiger partial charge is 0.391 e. The Morgan fingerprint density at radius 2 is 1.52 bits per heavy atom. The van der Waals surface area contributed by atoms with Gasteiger partial charge in [-0.15, -0.1) is 5.26 Å². The number of Topliss-reactive ketones (excluding diaryl/α,β-unsaturated/α-hetero) is 3. The molecular weight excluding hydrogens is 321 g/mol. The fourth-order valence-corrected chi connectivity index (χ4v) is 2.03. The van der Waals surface area contributed by atoms with Crippen molar-refractivity contribution < 1.29 is 40.4 Å². The number of ketones is 3. The van der Waals surface area contributed by atoms with E-state index >= 15 is 0 Å². The van der Waals surface area contributed by atoms with Crippen LogP contribution in [0.1, 0.15) is 19.4 Å². The van der Waals surface area contributed by atoms with E-state index in [9.17, 15) is 19.2 Å². The van der Waals surface area contributed by atoms with E-state index in [2.05, 4.69) is 4.74 Å². The van der Waals surface area contributed by atoms with E-state index in [-0.39, 0.29) is 22.1 Å². The van der Waals surface area contributed by atoms with E-state index in [1.807, 2.05) is 0 Å². The molecule has 1 rings (SSSR count). The first-order chi connectivity index (χ1) is 9.38. The summed E-state index contributed by atoms with van der Waals surface area (Å²) in [6.45, 7) is 2.07. The number of carbonyl (C=O) groups is 4. The van der Waals surface area contributed by atoms with Gasteiger partial charge in [0.2, 0.25) is 0 Å². The zero-order valence-electron chi connectivity index (χ0n) is 11.2. The number of nitrogens with zero attached hydrogens (tertiary/aromatic N) is 1.